The molecule has 1 aromatic carbocycles. The number of fused-ring (bicyclic) bond motifs is 5. The molecule has 0 unspecified atom stereocenters. The van der Waals surface area contributed by atoms with Crippen molar-refractivity contribution in [2.45, 2.75) is 25.3 Å². The Kier molecular flexibility index (Phi) is 4.09. The number of benzene rings is 1. The molecule has 1 aromatic heterocycles. The van der Waals surface area contributed by atoms with Crippen molar-refractivity contribution in [3.63, 3.8) is 0 Å². The highest BCUT2D eigenvalue weighted by atomic mass is 16.7. The lowest BCUT2D eigenvalue weighted by atomic mass is 9.87. The number of carbonyl (C=O) groups is 1. The molecule has 1 N–H and O–H groups in total. The van der Waals surface area contributed by atoms with Gasteiger partial charge < -0.3 is 9.72 Å². The number of aromatic amines is 1. The van der Waals surface area contributed by atoms with Crippen LogP contribution in [-0.2, 0) is 16.1 Å². The minimum atomic E-state index is -0.424. The number of rotatable bonds is 2. The highest BCUT2D eigenvalue weighted by molar-refractivity contribution is 5.87. The van der Waals surface area contributed by atoms with Gasteiger partial charge in [0.25, 0.3) is 0 Å². The number of hydrogen-bond donors (Lipinski definition) is 1. The minimum Gasteiger partial charge on any atom is -0.497 e. The van der Waals surface area contributed by atoms with Crippen LogP contribution in [0.3, 0.4) is 0 Å². The van der Waals surface area contributed by atoms with E-state index in [1.807, 2.05) is 23.3 Å². The van der Waals surface area contributed by atoms with Gasteiger partial charge in [0.2, 0.25) is 5.91 Å². The smallest absolute Gasteiger partial charge is 0.224 e. The van der Waals surface area contributed by atoms with Gasteiger partial charge in [-0.3, -0.25) is 9.63 Å². The van der Waals surface area contributed by atoms with Crippen LogP contribution < -0.4 is 4.74 Å². The van der Waals surface area contributed by atoms with Crippen LogP contribution in [0.5, 0.6) is 5.75 Å². The van der Waals surface area contributed by atoms with Gasteiger partial charge in [-0.2, -0.15) is 5.06 Å². The van der Waals surface area contributed by atoms with Crippen molar-refractivity contribution in [3.8, 4) is 5.75 Å². The van der Waals surface area contributed by atoms with Gasteiger partial charge in [-0.1, -0.05) is 0 Å². The Balaban J connectivity index is 1.85. The van der Waals surface area contributed by atoms with E-state index in [-0.39, 0.29) is 6.04 Å². The van der Waals surface area contributed by atoms with E-state index in [4.69, 9.17) is 15.1 Å². The van der Waals surface area contributed by atoms with Crippen molar-refractivity contribution < 1.29 is 14.4 Å². The Hall–Kier alpha value is -2.54. The van der Waals surface area contributed by atoms with E-state index < -0.39 is 11.8 Å². The third kappa shape index (κ3) is 2.64. The number of aromatic nitrogens is 1. The molecule has 0 saturated carbocycles. The summed E-state index contributed by atoms with van der Waals surface area (Å²) < 4.78 is 5.34. The summed E-state index contributed by atoms with van der Waals surface area (Å²) >= 11 is 0. The maximum absolute atomic E-state index is 12.4. The molecule has 25 heavy (non-hydrogen) atoms. The molecule has 1 saturated heterocycles. The monoisotopic (exact) mass is 341 g/mol. The maximum Gasteiger partial charge on any atom is 0.224 e. The number of nitrogens with one attached hydrogen (secondary N) is 1. The van der Waals surface area contributed by atoms with Crippen LogP contribution in [0.4, 0.5) is 0 Å². The van der Waals surface area contributed by atoms with Crippen LogP contribution in [0, 0.1) is 5.92 Å². The number of ether oxygens (including phenoxy) is 1. The first-order chi connectivity index (χ1) is 12.2. The first kappa shape index (κ1) is 16.0. The van der Waals surface area contributed by atoms with E-state index in [0.717, 1.165) is 35.2 Å². The summed E-state index contributed by atoms with van der Waals surface area (Å²) in [5.41, 5.74) is 11.8. The zero-order valence-electron chi connectivity index (χ0n) is 13.9. The summed E-state index contributed by atoms with van der Waals surface area (Å²) in [5, 5.41) is 6.34. The second-order valence-corrected chi connectivity index (χ2v) is 6.37. The lowest BCUT2D eigenvalue weighted by Gasteiger charge is -2.36. The zero-order chi connectivity index (χ0) is 17.4. The van der Waals surface area contributed by atoms with Crippen molar-refractivity contribution in [2.24, 2.45) is 11.0 Å². The molecule has 8 nitrogen and oxygen atoms in total. The predicted molar refractivity (Wildman–Crippen MR) is 90.8 cm³/mol. The van der Waals surface area contributed by atoms with Crippen LogP contribution in [0.1, 0.15) is 30.1 Å². The van der Waals surface area contributed by atoms with Crippen molar-refractivity contribution in [2.75, 3.05) is 20.3 Å². The molecule has 2 aliphatic heterocycles. The molecule has 2 aliphatic rings. The maximum atomic E-state index is 12.4. The van der Waals surface area contributed by atoms with E-state index in [0.29, 0.717) is 19.6 Å². The van der Waals surface area contributed by atoms with E-state index in [1.165, 1.54) is 5.56 Å². The molecule has 0 bridgehead atoms. The first-order valence-corrected chi connectivity index (χ1v) is 8.40. The number of H-pyrrole nitrogens is 1. The molecule has 8 heteroatoms. The lowest BCUT2D eigenvalue weighted by molar-refractivity contribution is -0.193. The average molecular weight is 341 g/mol. The standard InChI is InChI=1S/C17H19N5O3/c1-24-10-4-5-14-13(9-10)11-6-7-22-16(15(11)19-14)12(3-2-8-25-22)17(23)20-21-18/h4-5,9,12,16,19H,2-3,6-8H2,1H3/t12-,16+/m1/s1. The number of amides is 1. The Morgan fingerprint density at radius 2 is 2.40 bits per heavy atom. The fourth-order valence-corrected chi connectivity index (χ4v) is 3.97. The molecule has 0 aliphatic carbocycles. The highest BCUT2D eigenvalue weighted by Gasteiger charge is 2.41. The van der Waals surface area contributed by atoms with Crippen molar-refractivity contribution in [1.82, 2.24) is 10.0 Å². The summed E-state index contributed by atoms with van der Waals surface area (Å²) in [5.74, 6) is -0.0324. The number of methoxy groups -OCH3 is 1. The quantitative estimate of drug-likeness (QED) is 0.514. The van der Waals surface area contributed by atoms with E-state index in [2.05, 4.69) is 15.0 Å². The molecule has 4 rings (SSSR count). The summed E-state index contributed by atoms with van der Waals surface area (Å²) in [6.07, 6.45) is 2.21. The van der Waals surface area contributed by atoms with Crippen LogP contribution in [-0.4, -0.2) is 36.2 Å². The van der Waals surface area contributed by atoms with E-state index >= 15 is 0 Å². The van der Waals surface area contributed by atoms with Crippen molar-refractivity contribution in [1.29, 1.82) is 0 Å². The fourth-order valence-electron chi connectivity index (χ4n) is 3.97. The zero-order valence-corrected chi connectivity index (χ0v) is 13.9. The highest BCUT2D eigenvalue weighted by Crippen LogP contribution is 2.42. The number of nitrogens with zero attached hydrogens (tertiary/aromatic N) is 4. The van der Waals surface area contributed by atoms with Gasteiger partial charge >= 0.3 is 0 Å². The minimum absolute atomic E-state index is 0.261. The fraction of sp³-hybridized carbons (Fsp3) is 0.471. The van der Waals surface area contributed by atoms with Gasteiger partial charge in [-0.05, 0) is 53.7 Å². The Morgan fingerprint density at radius 1 is 1.52 bits per heavy atom. The van der Waals surface area contributed by atoms with Gasteiger partial charge in [-0.15, -0.1) is 0 Å². The molecule has 1 fully saturated rings. The van der Waals surface area contributed by atoms with E-state index in [1.54, 1.807) is 7.11 Å². The van der Waals surface area contributed by atoms with Crippen LogP contribution >= 0.6 is 0 Å². The molecule has 3 heterocycles. The lowest BCUT2D eigenvalue weighted by Crippen LogP contribution is -2.39. The Bertz CT molecular complexity index is 871. The molecular weight excluding hydrogens is 322 g/mol. The summed E-state index contributed by atoms with van der Waals surface area (Å²) in [7, 11) is 1.65. The van der Waals surface area contributed by atoms with Crippen molar-refractivity contribution >= 4 is 16.8 Å². The third-order valence-electron chi connectivity index (χ3n) is 5.09. The second kappa shape index (κ2) is 6.40. The number of hydrogen-bond acceptors (Lipinski definition) is 4. The normalized spacial score (nSPS) is 23.2. The summed E-state index contributed by atoms with van der Waals surface area (Å²) in [6, 6.07) is 5.65. The Morgan fingerprint density at radius 3 is 3.20 bits per heavy atom. The second-order valence-electron chi connectivity index (χ2n) is 6.37. The largest absolute Gasteiger partial charge is 0.497 e. The van der Waals surface area contributed by atoms with Gasteiger partial charge in [0.1, 0.15) is 5.75 Å². The van der Waals surface area contributed by atoms with Gasteiger partial charge in [0, 0.05) is 34.0 Å². The Labute approximate surface area is 144 Å². The van der Waals surface area contributed by atoms with Gasteiger partial charge in [0.05, 0.1) is 19.8 Å². The van der Waals surface area contributed by atoms with E-state index in [9.17, 15) is 4.79 Å². The molecule has 2 atom stereocenters. The average Bonchev–Trinajstić information content (AvgIpc) is 2.85. The predicted octanol–water partition coefficient (Wildman–Crippen LogP) is 3.25. The topological polar surface area (TPSA) is 103 Å². The summed E-state index contributed by atoms with van der Waals surface area (Å²) in [4.78, 5) is 24.4. The summed E-state index contributed by atoms with van der Waals surface area (Å²) in [6.45, 7) is 1.27. The SMILES string of the molecule is COc1ccc2[nH]c3c(c2c1)CCN1OCCC[C@@H](C(=O)N=[N+]=[N-])[C@@H]31. The molecule has 0 radical (unpaired) electrons. The third-order valence-corrected chi connectivity index (χ3v) is 5.09. The first-order valence-electron chi connectivity index (χ1n) is 8.40. The molecule has 130 valence electrons. The van der Waals surface area contributed by atoms with Crippen LogP contribution in [0.15, 0.2) is 23.3 Å². The molecular formula is C17H19N5O3. The van der Waals surface area contributed by atoms with Crippen molar-refractivity contribution in [3.05, 3.63) is 39.9 Å². The van der Waals surface area contributed by atoms with Crippen LogP contribution in [0.25, 0.3) is 21.3 Å². The van der Waals surface area contributed by atoms with Gasteiger partial charge in [-0.25, -0.2) is 0 Å². The molecule has 0 spiro atoms. The number of hydroxylamine groups is 2. The number of azide groups is 1. The molecule has 2 aromatic rings. The van der Waals surface area contributed by atoms with Crippen LogP contribution in [0.2, 0.25) is 0 Å². The number of carbonyl (C=O) groups excluding carboxylic acids is 1. The van der Waals surface area contributed by atoms with Gasteiger partial charge in [0.15, 0.2) is 0 Å². The molecule has 1 amide bonds.